The normalized spacial score (nSPS) is 11.1. The number of aliphatic imine (C=N–C) groups is 1. The molecule has 2 aromatic rings. The number of nitrogens with one attached hydrogen (secondary N) is 1. The third kappa shape index (κ3) is 4.39. The van der Waals surface area contributed by atoms with Gasteiger partial charge in [0.05, 0.1) is 25.2 Å². The lowest BCUT2D eigenvalue weighted by atomic mass is 10.2. The number of nitrogens with zero attached hydrogens (tertiary/aromatic N) is 1. The molecule has 6 heteroatoms. The van der Waals surface area contributed by atoms with Crippen LogP contribution in [0.25, 0.3) is 0 Å². The molecule has 5 nitrogen and oxygen atoms in total. The summed E-state index contributed by atoms with van der Waals surface area (Å²) < 4.78 is 11.2. The average Bonchev–Trinajstić information content (AvgIpc) is 2.54. The van der Waals surface area contributed by atoms with Crippen LogP contribution in [0.1, 0.15) is 5.56 Å². The highest BCUT2D eigenvalue weighted by atomic mass is 79.9. The lowest BCUT2D eigenvalue weighted by molar-refractivity contribution is 0.412. The molecule has 0 aliphatic heterocycles. The van der Waals surface area contributed by atoms with E-state index in [2.05, 4.69) is 26.2 Å². The quantitative estimate of drug-likeness (QED) is 0.630. The Kier molecular flexibility index (Phi) is 5.66. The topological polar surface area (TPSA) is 68.9 Å². The summed E-state index contributed by atoms with van der Waals surface area (Å²) in [4.78, 5) is 4.32. The maximum absolute atomic E-state index is 5.89. The average molecular weight is 364 g/mol. The summed E-state index contributed by atoms with van der Waals surface area (Å²) in [7, 11) is 3.26. The number of halogens is 1. The largest absolute Gasteiger partial charge is 0.497 e. The third-order valence-electron chi connectivity index (χ3n) is 3.01. The molecule has 0 heterocycles. The van der Waals surface area contributed by atoms with Gasteiger partial charge in [-0.05, 0) is 57.9 Å². The van der Waals surface area contributed by atoms with Crippen LogP contribution in [-0.2, 0) is 6.54 Å². The van der Waals surface area contributed by atoms with Crippen LogP contribution >= 0.6 is 15.9 Å². The maximum Gasteiger partial charge on any atom is 0.193 e. The van der Waals surface area contributed by atoms with Gasteiger partial charge in [-0.3, -0.25) is 0 Å². The fourth-order valence-corrected chi connectivity index (χ4v) is 2.43. The van der Waals surface area contributed by atoms with Crippen LogP contribution < -0.4 is 20.5 Å². The summed E-state index contributed by atoms with van der Waals surface area (Å²) in [6.07, 6.45) is 0. The molecule has 0 aromatic heterocycles. The lowest BCUT2D eigenvalue weighted by Gasteiger charge is -2.07. The Balaban J connectivity index is 1.98. The van der Waals surface area contributed by atoms with E-state index < -0.39 is 0 Å². The van der Waals surface area contributed by atoms with E-state index in [9.17, 15) is 0 Å². The fraction of sp³-hybridized carbons (Fsp3) is 0.188. The number of hydrogen-bond acceptors (Lipinski definition) is 3. The zero-order valence-electron chi connectivity index (χ0n) is 12.5. The number of guanidine groups is 1. The SMILES string of the molecule is COc1ccc(NC(N)=NCc2ccc(OC)c(Br)c2)cc1. The minimum absolute atomic E-state index is 0.358. The fourth-order valence-electron chi connectivity index (χ4n) is 1.85. The van der Waals surface area contributed by atoms with E-state index in [-0.39, 0.29) is 0 Å². The van der Waals surface area contributed by atoms with Gasteiger partial charge in [-0.15, -0.1) is 0 Å². The molecule has 2 rings (SSSR count). The Morgan fingerprint density at radius 1 is 1.14 bits per heavy atom. The molecule has 2 aromatic carbocycles. The molecule has 0 aliphatic carbocycles. The molecule has 0 saturated heterocycles. The highest BCUT2D eigenvalue weighted by Gasteiger charge is 2.01. The van der Waals surface area contributed by atoms with E-state index in [1.165, 1.54) is 0 Å². The van der Waals surface area contributed by atoms with E-state index in [1.54, 1.807) is 14.2 Å². The first kappa shape index (κ1) is 16.2. The van der Waals surface area contributed by atoms with Crippen LogP contribution in [0.3, 0.4) is 0 Å². The Labute approximate surface area is 138 Å². The van der Waals surface area contributed by atoms with Crippen molar-refractivity contribution in [2.24, 2.45) is 10.7 Å². The van der Waals surface area contributed by atoms with E-state index in [4.69, 9.17) is 15.2 Å². The molecule has 0 amide bonds. The Bertz CT molecular complexity index is 657. The van der Waals surface area contributed by atoms with Gasteiger partial charge in [0, 0.05) is 5.69 Å². The van der Waals surface area contributed by atoms with Crippen LogP contribution in [0, 0.1) is 0 Å². The monoisotopic (exact) mass is 363 g/mol. The standard InChI is InChI=1S/C16H18BrN3O2/c1-21-13-6-4-12(5-7-13)20-16(18)19-10-11-3-8-15(22-2)14(17)9-11/h3-9H,10H2,1-2H3,(H3,18,19,20). The van der Waals surface area contributed by atoms with Crippen LogP contribution in [0.15, 0.2) is 51.9 Å². The molecule has 0 unspecified atom stereocenters. The maximum atomic E-state index is 5.89. The molecule has 0 aliphatic rings. The van der Waals surface area contributed by atoms with Crippen LogP contribution in [-0.4, -0.2) is 20.2 Å². The molecular formula is C16H18BrN3O2. The molecular weight excluding hydrogens is 346 g/mol. The summed E-state index contributed by atoms with van der Waals surface area (Å²) >= 11 is 3.45. The van der Waals surface area contributed by atoms with Crippen molar-refractivity contribution < 1.29 is 9.47 Å². The van der Waals surface area contributed by atoms with Gasteiger partial charge in [-0.1, -0.05) is 6.07 Å². The number of hydrogen-bond donors (Lipinski definition) is 2. The Morgan fingerprint density at radius 3 is 2.45 bits per heavy atom. The number of anilines is 1. The summed E-state index contributed by atoms with van der Waals surface area (Å²) in [5.41, 5.74) is 7.78. The first-order valence-corrected chi connectivity index (χ1v) is 7.45. The predicted octanol–water partition coefficient (Wildman–Crippen LogP) is 3.39. The summed E-state index contributed by atoms with van der Waals surface area (Å²) in [6, 6.07) is 13.3. The highest BCUT2D eigenvalue weighted by Crippen LogP contribution is 2.25. The predicted molar refractivity (Wildman–Crippen MR) is 92.6 cm³/mol. The van der Waals surface area contributed by atoms with E-state index in [0.717, 1.165) is 27.2 Å². The molecule has 22 heavy (non-hydrogen) atoms. The molecule has 0 fully saturated rings. The zero-order chi connectivity index (χ0) is 15.9. The zero-order valence-corrected chi connectivity index (χ0v) is 14.1. The number of rotatable bonds is 5. The second-order valence-electron chi connectivity index (χ2n) is 4.52. The second kappa shape index (κ2) is 7.70. The molecule has 0 spiro atoms. The Morgan fingerprint density at radius 2 is 1.86 bits per heavy atom. The van der Waals surface area contributed by atoms with Crippen molar-refractivity contribution in [3.8, 4) is 11.5 Å². The minimum Gasteiger partial charge on any atom is -0.497 e. The molecule has 116 valence electrons. The highest BCUT2D eigenvalue weighted by molar-refractivity contribution is 9.10. The van der Waals surface area contributed by atoms with E-state index >= 15 is 0 Å². The van der Waals surface area contributed by atoms with Crippen LogP contribution in [0.5, 0.6) is 11.5 Å². The lowest BCUT2D eigenvalue weighted by Crippen LogP contribution is -2.22. The van der Waals surface area contributed by atoms with Crippen molar-refractivity contribution in [2.45, 2.75) is 6.54 Å². The van der Waals surface area contributed by atoms with Crippen molar-refractivity contribution in [1.82, 2.24) is 0 Å². The van der Waals surface area contributed by atoms with Crippen molar-refractivity contribution >= 4 is 27.6 Å². The number of benzene rings is 2. The molecule has 0 bridgehead atoms. The molecule has 3 N–H and O–H groups in total. The van der Waals surface area contributed by atoms with Gasteiger partial charge in [0.1, 0.15) is 11.5 Å². The third-order valence-corrected chi connectivity index (χ3v) is 3.63. The van der Waals surface area contributed by atoms with Gasteiger partial charge in [-0.25, -0.2) is 4.99 Å². The second-order valence-corrected chi connectivity index (χ2v) is 5.38. The van der Waals surface area contributed by atoms with Crippen LogP contribution in [0.4, 0.5) is 5.69 Å². The first-order chi connectivity index (χ1) is 10.6. The van der Waals surface area contributed by atoms with Crippen molar-refractivity contribution in [3.05, 3.63) is 52.5 Å². The smallest absolute Gasteiger partial charge is 0.193 e. The summed E-state index contributed by atoms with van der Waals surface area (Å²) in [5, 5.41) is 3.04. The molecule has 0 saturated carbocycles. The van der Waals surface area contributed by atoms with Crippen LogP contribution in [0.2, 0.25) is 0 Å². The van der Waals surface area contributed by atoms with Gasteiger partial charge in [0.25, 0.3) is 0 Å². The van der Waals surface area contributed by atoms with Crippen molar-refractivity contribution in [2.75, 3.05) is 19.5 Å². The van der Waals surface area contributed by atoms with Gasteiger partial charge >= 0.3 is 0 Å². The number of methoxy groups -OCH3 is 2. The van der Waals surface area contributed by atoms with Crippen molar-refractivity contribution in [3.63, 3.8) is 0 Å². The van der Waals surface area contributed by atoms with Gasteiger partial charge < -0.3 is 20.5 Å². The van der Waals surface area contributed by atoms with Gasteiger partial charge in [0.15, 0.2) is 5.96 Å². The number of nitrogens with two attached hydrogens (primary N) is 1. The minimum atomic E-state index is 0.358. The number of ether oxygens (including phenoxy) is 2. The molecule has 0 atom stereocenters. The molecule has 0 radical (unpaired) electrons. The van der Waals surface area contributed by atoms with E-state index in [0.29, 0.717) is 12.5 Å². The van der Waals surface area contributed by atoms with Gasteiger partial charge in [-0.2, -0.15) is 0 Å². The Hall–Kier alpha value is -2.21. The summed E-state index contributed by atoms with van der Waals surface area (Å²) in [6.45, 7) is 0.484. The first-order valence-electron chi connectivity index (χ1n) is 6.66. The van der Waals surface area contributed by atoms with Gasteiger partial charge in [0.2, 0.25) is 0 Å². The summed E-state index contributed by atoms with van der Waals surface area (Å²) in [5.74, 6) is 1.94. The van der Waals surface area contributed by atoms with Crippen molar-refractivity contribution in [1.29, 1.82) is 0 Å². The van der Waals surface area contributed by atoms with E-state index in [1.807, 2.05) is 42.5 Å².